The van der Waals surface area contributed by atoms with Gasteiger partial charge in [-0.3, -0.25) is 4.99 Å². The lowest BCUT2D eigenvalue weighted by Crippen LogP contribution is -2.29. The fourth-order valence-corrected chi connectivity index (χ4v) is 2.37. The van der Waals surface area contributed by atoms with Crippen molar-refractivity contribution in [3.05, 3.63) is 0 Å². The molecule has 0 aromatic heterocycles. The van der Waals surface area contributed by atoms with Crippen LogP contribution < -0.4 is 5.73 Å². The molecule has 2 rings (SSSR count). The summed E-state index contributed by atoms with van der Waals surface area (Å²) >= 11 is 1.86. The Morgan fingerprint density at radius 3 is 3.09 bits per heavy atom. The first-order chi connectivity index (χ1) is 5.36. The Morgan fingerprint density at radius 1 is 1.64 bits per heavy atom. The van der Waals surface area contributed by atoms with E-state index < -0.39 is 0 Å². The van der Waals surface area contributed by atoms with Crippen LogP contribution in [0.5, 0.6) is 0 Å². The molecule has 62 valence electrons. The van der Waals surface area contributed by atoms with Gasteiger partial charge in [0.1, 0.15) is 0 Å². The van der Waals surface area contributed by atoms with Crippen molar-refractivity contribution in [1.82, 2.24) is 4.90 Å². The molecule has 2 N–H and O–H groups in total. The van der Waals surface area contributed by atoms with Gasteiger partial charge in [0.15, 0.2) is 5.17 Å². The summed E-state index contributed by atoms with van der Waals surface area (Å²) < 4.78 is 0. The van der Waals surface area contributed by atoms with E-state index in [1.165, 1.54) is 5.17 Å². The molecule has 0 aliphatic carbocycles. The maximum atomic E-state index is 5.79. The van der Waals surface area contributed by atoms with Crippen LogP contribution in [0, 0.1) is 0 Å². The van der Waals surface area contributed by atoms with E-state index in [0.29, 0.717) is 6.04 Å². The quantitative estimate of drug-likeness (QED) is 0.563. The van der Waals surface area contributed by atoms with E-state index in [1.807, 2.05) is 11.8 Å². The van der Waals surface area contributed by atoms with Gasteiger partial charge in [0.2, 0.25) is 0 Å². The fraction of sp³-hybridized carbons (Fsp3) is 0.857. The summed E-state index contributed by atoms with van der Waals surface area (Å²) in [5.41, 5.74) is 5.79. The topological polar surface area (TPSA) is 41.6 Å². The summed E-state index contributed by atoms with van der Waals surface area (Å²) in [5.74, 6) is 1.15. The maximum Gasteiger partial charge on any atom is 0.159 e. The van der Waals surface area contributed by atoms with E-state index in [0.717, 1.165) is 31.8 Å². The van der Waals surface area contributed by atoms with E-state index in [-0.39, 0.29) is 0 Å². The molecular formula is C7H13N3S. The van der Waals surface area contributed by atoms with Crippen LogP contribution >= 0.6 is 11.8 Å². The van der Waals surface area contributed by atoms with Crippen molar-refractivity contribution in [1.29, 1.82) is 0 Å². The lowest BCUT2D eigenvalue weighted by molar-refractivity contribution is 0.519. The molecule has 2 heterocycles. The molecule has 0 aromatic carbocycles. The SMILES string of the molecule is NC1CCN(C2=NCCS2)C1. The highest BCUT2D eigenvalue weighted by atomic mass is 32.2. The van der Waals surface area contributed by atoms with Gasteiger partial charge in [-0.25, -0.2) is 0 Å². The molecule has 4 heteroatoms. The first-order valence-electron chi connectivity index (χ1n) is 4.04. The van der Waals surface area contributed by atoms with E-state index in [9.17, 15) is 0 Å². The van der Waals surface area contributed by atoms with Crippen LogP contribution in [-0.4, -0.2) is 41.5 Å². The number of likely N-dealkylation sites (tertiary alicyclic amines) is 1. The molecule has 0 amide bonds. The Kier molecular flexibility index (Phi) is 2.05. The standard InChI is InChI=1S/C7H13N3S/c8-6-1-3-10(5-6)7-9-2-4-11-7/h6H,1-5,8H2. The highest BCUT2D eigenvalue weighted by Gasteiger charge is 2.23. The third-order valence-electron chi connectivity index (χ3n) is 2.06. The molecule has 1 unspecified atom stereocenters. The van der Waals surface area contributed by atoms with Crippen molar-refractivity contribution < 1.29 is 0 Å². The number of rotatable bonds is 0. The zero-order valence-electron chi connectivity index (χ0n) is 6.49. The van der Waals surface area contributed by atoms with Gasteiger partial charge in [-0.1, -0.05) is 11.8 Å². The highest BCUT2D eigenvalue weighted by Crippen LogP contribution is 2.19. The van der Waals surface area contributed by atoms with Gasteiger partial charge in [-0.15, -0.1) is 0 Å². The molecule has 11 heavy (non-hydrogen) atoms. The van der Waals surface area contributed by atoms with Crippen molar-refractivity contribution in [2.75, 3.05) is 25.4 Å². The number of thioether (sulfide) groups is 1. The minimum absolute atomic E-state index is 0.374. The Morgan fingerprint density at radius 2 is 2.55 bits per heavy atom. The number of nitrogens with two attached hydrogens (primary N) is 1. The second kappa shape index (κ2) is 3.03. The van der Waals surface area contributed by atoms with Crippen LogP contribution in [0.1, 0.15) is 6.42 Å². The summed E-state index contributed by atoms with van der Waals surface area (Å²) in [4.78, 5) is 6.71. The first kappa shape index (κ1) is 7.43. The number of amidine groups is 1. The van der Waals surface area contributed by atoms with Crippen LogP contribution in [-0.2, 0) is 0 Å². The molecular weight excluding hydrogens is 158 g/mol. The molecule has 1 atom stereocenters. The second-order valence-corrected chi connectivity index (χ2v) is 4.07. The van der Waals surface area contributed by atoms with Gasteiger partial charge in [-0.2, -0.15) is 0 Å². The third-order valence-corrected chi connectivity index (χ3v) is 3.10. The van der Waals surface area contributed by atoms with Crippen molar-refractivity contribution in [3.63, 3.8) is 0 Å². The third kappa shape index (κ3) is 1.51. The van der Waals surface area contributed by atoms with Crippen molar-refractivity contribution in [2.45, 2.75) is 12.5 Å². The molecule has 2 aliphatic rings. The second-order valence-electron chi connectivity index (χ2n) is 3.01. The Balaban J connectivity index is 1.95. The summed E-state index contributed by atoms with van der Waals surface area (Å²) in [5, 5.41) is 1.22. The zero-order chi connectivity index (χ0) is 7.68. The van der Waals surface area contributed by atoms with Gasteiger partial charge < -0.3 is 10.6 Å². The van der Waals surface area contributed by atoms with Crippen molar-refractivity contribution in [2.24, 2.45) is 10.7 Å². The molecule has 1 saturated heterocycles. The minimum atomic E-state index is 0.374. The number of aliphatic imine (C=N–C) groups is 1. The van der Waals surface area contributed by atoms with E-state index in [2.05, 4.69) is 9.89 Å². The average Bonchev–Trinajstić information content (AvgIpc) is 2.55. The van der Waals surface area contributed by atoms with Crippen LogP contribution in [0.3, 0.4) is 0 Å². The summed E-state index contributed by atoms with van der Waals surface area (Å²) in [6.07, 6.45) is 1.12. The van der Waals surface area contributed by atoms with Gasteiger partial charge in [0, 0.05) is 24.9 Å². The molecule has 3 nitrogen and oxygen atoms in total. The monoisotopic (exact) mass is 171 g/mol. The molecule has 0 bridgehead atoms. The lowest BCUT2D eigenvalue weighted by atomic mass is 10.3. The Hall–Kier alpha value is -0.220. The van der Waals surface area contributed by atoms with Crippen LogP contribution in [0.2, 0.25) is 0 Å². The summed E-state index contributed by atoms with van der Waals surface area (Å²) in [6.45, 7) is 3.10. The first-order valence-corrected chi connectivity index (χ1v) is 5.02. The average molecular weight is 171 g/mol. The van der Waals surface area contributed by atoms with Crippen LogP contribution in [0.25, 0.3) is 0 Å². The minimum Gasteiger partial charge on any atom is -0.350 e. The smallest absolute Gasteiger partial charge is 0.159 e. The molecule has 2 aliphatic heterocycles. The molecule has 0 radical (unpaired) electrons. The maximum absolute atomic E-state index is 5.79. The van der Waals surface area contributed by atoms with Gasteiger partial charge >= 0.3 is 0 Å². The van der Waals surface area contributed by atoms with Crippen LogP contribution in [0.4, 0.5) is 0 Å². The molecule has 0 spiro atoms. The molecule has 0 saturated carbocycles. The fourth-order valence-electron chi connectivity index (χ4n) is 1.48. The molecule has 1 fully saturated rings. The number of nitrogens with zero attached hydrogens (tertiary/aromatic N) is 2. The Labute approximate surface area is 71.0 Å². The van der Waals surface area contributed by atoms with E-state index in [1.54, 1.807) is 0 Å². The summed E-state index contributed by atoms with van der Waals surface area (Å²) in [7, 11) is 0. The van der Waals surface area contributed by atoms with Gasteiger partial charge in [-0.05, 0) is 6.42 Å². The number of hydrogen-bond donors (Lipinski definition) is 1. The van der Waals surface area contributed by atoms with E-state index in [4.69, 9.17) is 5.73 Å². The normalized spacial score (nSPS) is 31.2. The van der Waals surface area contributed by atoms with E-state index >= 15 is 0 Å². The predicted octanol–water partition coefficient (Wildman–Crippen LogP) is 0.122. The number of hydrogen-bond acceptors (Lipinski definition) is 4. The lowest BCUT2D eigenvalue weighted by Gasteiger charge is -2.15. The predicted molar refractivity (Wildman–Crippen MR) is 48.9 cm³/mol. The molecule has 0 aromatic rings. The highest BCUT2D eigenvalue weighted by molar-refractivity contribution is 8.14. The largest absolute Gasteiger partial charge is 0.350 e. The van der Waals surface area contributed by atoms with Gasteiger partial charge in [0.25, 0.3) is 0 Å². The van der Waals surface area contributed by atoms with Crippen LogP contribution in [0.15, 0.2) is 4.99 Å². The Bertz CT molecular complexity index is 181. The van der Waals surface area contributed by atoms with Crippen molar-refractivity contribution in [3.8, 4) is 0 Å². The van der Waals surface area contributed by atoms with Crippen molar-refractivity contribution >= 4 is 16.9 Å². The zero-order valence-corrected chi connectivity index (χ0v) is 7.31. The summed E-state index contributed by atoms with van der Waals surface area (Å²) in [6, 6.07) is 0.374. The van der Waals surface area contributed by atoms with Gasteiger partial charge in [0.05, 0.1) is 6.54 Å².